The van der Waals surface area contributed by atoms with Gasteiger partial charge in [0, 0.05) is 20.6 Å². The van der Waals surface area contributed by atoms with Crippen LogP contribution in [0.3, 0.4) is 0 Å². The first-order valence-corrected chi connectivity index (χ1v) is 5.73. The topological polar surface area (TPSA) is 57.3 Å². The van der Waals surface area contributed by atoms with E-state index in [9.17, 15) is 4.79 Å². The highest BCUT2D eigenvalue weighted by atomic mass is 16.2. The maximum absolute atomic E-state index is 11.7. The van der Waals surface area contributed by atoms with Crippen LogP contribution in [0.4, 0.5) is 11.6 Å². The van der Waals surface area contributed by atoms with Crippen LogP contribution in [0.15, 0.2) is 18.2 Å². The molecule has 0 aliphatic rings. The van der Waals surface area contributed by atoms with Gasteiger partial charge < -0.3 is 15.5 Å². The van der Waals surface area contributed by atoms with Gasteiger partial charge in [0.2, 0.25) is 5.91 Å². The van der Waals surface area contributed by atoms with Gasteiger partial charge in [0.1, 0.15) is 17.7 Å². The molecule has 0 aliphatic heterocycles. The first-order chi connectivity index (χ1) is 8.04. The molecule has 0 saturated heterocycles. The molecule has 0 saturated carbocycles. The van der Waals surface area contributed by atoms with Crippen molar-refractivity contribution in [3.8, 4) is 0 Å². The van der Waals surface area contributed by atoms with Gasteiger partial charge in [-0.15, -0.1) is 0 Å². The van der Waals surface area contributed by atoms with Crippen molar-refractivity contribution in [3.63, 3.8) is 0 Å². The summed E-state index contributed by atoms with van der Waals surface area (Å²) in [4.78, 5) is 17.6. The fraction of sp³-hybridized carbons (Fsp3) is 0.500. The summed E-state index contributed by atoms with van der Waals surface area (Å²) in [6.07, 6.45) is 0. The van der Waals surface area contributed by atoms with Crippen LogP contribution in [0.25, 0.3) is 0 Å². The molecule has 1 aromatic rings. The van der Waals surface area contributed by atoms with E-state index in [4.69, 9.17) is 0 Å². The number of pyridine rings is 1. The Balaban J connectivity index is 2.68. The summed E-state index contributed by atoms with van der Waals surface area (Å²) < 4.78 is 0. The van der Waals surface area contributed by atoms with E-state index >= 15 is 0 Å². The van der Waals surface area contributed by atoms with Gasteiger partial charge in [-0.05, 0) is 26.0 Å². The Hall–Kier alpha value is -1.78. The first-order valence-electron chi connectivity index (χ1n) is 5.73. The van der Waals surface area contributed by atoms with Crippen LogP contribution in [0.1, 0.15) is 13.8 Å². The highest BCUT2D eigenvalue weighted by Gasteiger charge is 2.14. The molecule has 0 aromatic carbocycles. The third-order valence-corrected chi connectivity index (χ3v) is 2.28. The van der Waals surface area contributed by atoms with E-state index in [1.807, 2.05) is 32.0 Å². The number of rotatable bonds is 5. The maximum atomic E-state index is 11.7. The molecular weight excluding hydrogens is 216 g/mol. The van der Waals surface area contributed by atoms with Crippen LogP contribution < -0.4 is 10.6 Å². The molecule has 1 amide bonds. The Kier molecular flexibility index (Phi) is 4.75. The summed E-state index contributed by atoms with van der Waals surface area (Å²) in [6, 6.07) is 5.36. The Bertz CT molecular complexity index is 379. The van der Waals surface area contributed by atoms with Crippen molar-refractivity contribution in [1.29, 1.82) is 0 Å². The van der Waals surface area contributed by atoms with Gasteiger partial charge in [-0.3, -0.25) is 4.79 Å². The number of hydrogen-bond donors (Lipinski definition) is 2. The number of carbonyl (C=O) groups is 1. The maximum Gasteiger partial charge on any atom is 0.244 e. The van der Waals surface area contributed by atoms with Crippen molar-refractivity contribution in [2.45, 2.75) is 19.9 Å². The average Bonchev–Trinajstić information content (AvgIpc) is 2.28. The summed E-state index contributed by atoms with van der Waals surface area (Å²) in [5.41, 5.74) is 0. The zero-order chi connectivity index (χ0) is 12.8. The van der Waals surface area contributed by atoms with Gasteiger partial charge in [0.25, 0.3) is 0 Å². The predicted octanol–water partition coefficient (Wildman–Crippen LogP) is 1.40. The number of likely N-dealkylation sites (N-methyl/N-ethyl adjacent to an activating group) is 1. The molecule has 94 valence electrons. The van der Waals surface area contributed by atoms with Crippen LogP contribution >= 0.6 is 0 Å². The van der Waals surface area contributed by atoms with Crippen LogP contribution in [0.5, 0.6) is 0 Å². The molecule has 1 unspecified atom stereocenters. The molecular formula is C12H20N4O. The van der Waals surface area contributed by atoms with Crippen LogP contribution in [-0.2, 0) is 4.79 Å². The van der Waals surface area contributed by atoms with Crippen molar-refractivity contribution in [2.75, 3.05) is 31.3 Å². The second-order valence-corrected chi connectivity index (χ2v) is 4.04. The monoisotopic (exact) mass is 236 g/mol. The largest absolute Gasteiger partial charge is 0.370 e. The fourth-order valence-electron chi connectivity index (χ4n) is 1.47. The average molecular weight is 236 g/mol. The minimum atomic E-state index is -0.283. The minimum Gasteiger partial charge on any atom is -0.370 e. The van der Waals surface area contributed by atoms with Crippen molar-refractivity contribution in [2.24, 2.45) is 0 Å². The fourth-order valence-corrected chi connectivity index (χ4v) is 1.47. The second kappa shape index (κ2) is 6.08. The van der Waals surface area contributed by atoms with Gasteiger partial charge in [0.15, 0.2) is 0 Å². The molecule has 0 spiro atoms. The first kappa shape index (κ1) is 13.3. The van der Waals surface area contributed by atoms with Gasteiger partial charge in [-0.1, -0.05) is 6.07 Å². The highest BCUT2D eigenvalue weighted by molar-refractivity contribution is 5.83. The molecule has 0 bridgehead atoms. The van der Waals surface area contributed by atoms with Crippen LogP contribution in [0, 0.1) is 0 Å². The molecule has 0 aliphatic carbocycles. The lowest BCUT2D eigenvalue weighted by Gasteiger charge is -2.18. The molecule has 1 atom stereocenters. The Labute approximate surface area is 102 Å². The summed E-state index contributed by atoms with van der Waals surface area (Å²) in [5, 5.41) is 6.21. The number of amides is 1. The zero-order valence-corrected chi connectivity index (χ0v) is 10.8. The molecule has 2 N–H and O–H groups in total. The van der Waals surface area contributed by atoms with E-state index < -0.39 is 0 Å². The standard InChI is InChI=1S/C12H20N4O/c1-5-13-10-7-6-8-11(15-10)14-9(2)12(17)16(3)4/h6-9H,5H2,1-4H3,(H2,13,14,15). The van der Waals surface area contributed by atoms with E-state index in [-0.39, 0.29) is 11.9 Å². The van der Waals surface area contributed by atoms with Gasteiger partial charge in [-0.25, -0.2) is 4.98 Å². The summed E-state index contributed by atoms with van der Waals surface area (Å²) >= 11 is 0. The molecule has 17 heavy (non-hydrogen) atoms. The van der Waals surface area contributed by atoms with Crippen LogP contribution in [0.2, 0.25) is 0 Å². The number of aromatic nitrogens is 1. The van der Waals surface area contributed by atoms with Crippen molar-refractivity contribution >= 4 is 17.5 Å². The molecule has 0 radical (unpaired) electrons. The molecule has 5 heteroatoms. The number of carbonyl (C=O) groups excluding carboxylic acids is 1. The Morgan fingerprint density at radius 2 is 2.06 bits per heavy atom. The van der Waals surface area contributed by atoms with Gasteiger partial charge in [0.05, 0.1) is 0 Å². The minimum absolute atomic E-state index is 0.0284. The molecule has 0 fully saturated rings. The smallest absolute Gasteiger partial charge is 0.244 e. The SMILES string of the molecule is CCNc1cccc(NC(C)C(=O)N(C)C)n1. The number of hydrogen-bond acceptors (Lipinski definition) is 4. The number of anilines is 2. The molecule has 5 nitrogen and oxygen atoms in total. The lowest BCUT2D eigenvalue weighted by Crippen LogP contribution is -2.36. The third kappa shape index (κ3) is 3.94. The lowest BCUT2D eigenvalue weighted by atomic mass is 10.3. The van der Waals surface area contributed by atoms with Gasteiger partial charge >= 0.3 is 0 Å². The van der Waals surface area contributed by atoms with E-state index in [1.54, 1.807) is 19.0 Å². The van der Waals surface area contributed by atoms with Crippen molar-refractivity contribution < 1.29 is 4.79 Å². The van der Waals surface area contributed by atoms with Crippen molar-refractivity contribution in [1.82, 2.24) is 9.88 Å². The second-order valence-electron chi connectivity index (χ2n) is 4.04. The normalized spacial score (nSPS) is 11.8. The van der Waals surface area contributed by atoms with E-state index in [1.165, 1.54) is 0 Å². The van der Waals surface area contributed by atoms with Crippen LogP contribution in [-0.4, -0.2) is 42.5 Å². The zero-order valence-electron chi connectivity index (χ0n) is 10.8. The lowest BCUT2D eigenvalue weighted by molar-refractivity contribution is -0.129. The highest BCUT2D eigenvalue weighted by Crippen LogP contribution is 2.10. The summed E-state index contributed by atoms with van der Waals surface area (Å²) in [5.74, 6) is 1.54. The predicted molar refractivity (Wildman–Crippen MR) is 70.2 cm³/mol. The third-order valence-electron chi connectivity index (χ3n) is 2.28. The molecule has 1 aromatic heterocycles. The number of nitrogens with zero attached hydrogens (tertiary/aromatic N) is 2. The summed E-state index contributed by atoms with van der Waals surface area (Å²) in [7, 11) is 3.48. The molecule has 1 rings (SSSR count). The summed E-state index contributed by atoms with van der Waals surface area (Å²) in [6.45, 7) is 4.66. The quantitative estimate of drug-likeness (QED) is 0.811. The van der Waals surface area contributed by atoms with Gasteiger partial charge in [-0.2, -0.15) is 0 Å². The van der Waals surface area contributed by atoms with E-state index in [2.05, 4.69) is 15.6 Å². The Morgan fingerprint density at radius 3 is 2.65 bits per heavy atom. The van der Waals surface area contributed by atoms with E-state index in [0.29, 0.717) is 5.82 Å². The number of nitrogens with one attached hydrogen (secondary N) is 2. The van der Waals surface area contributed by atoms with Crippen molar-refractivity contribution in [3.05, 3.63) is 18.2 Å². The molecule has 1 heterocycles. The Morgan fingerprint density at radius 1 is 1.41 bits per heavy atom. The van der Waals surface area contributed by atoms with E-state index in [0.717, 1.165) is 12.4 Å².